The van der Waals surface area contributed by atoms with Crippen molar-refractivity contribution in [2.75, 3.05) is 26.3 Å². The molecular formula is C16H22BrFN2O2. The highest BCUT2D eigenvalue weighted by molar-refractivity contribution is 9.10. The van der Waals surface area contributed by atoms with E-state index in [2.05, 4.69) is 15.9 Å². The molecule has 2 N–H and O–H groups in total. The van der Waals surface area contributed by atoms with Gasteiger partial charge in [0, 0.05) is 42.9 Å². The second kappa shape index (κ2) is 7.53. The molecular weight excluding hydrogens is 351 g/mol. The van der Waals surface area contributed by atoms with Crippen molar-refractivity contribution in [3.63, 3.8) is 0 Å². The molecule has 1 aliphatic rings. The van der Waals surface area contributed by atoms with Crippen LogP contribution in [0.4, 0.5) is 4.39 Å². The maximum absolute atomic E-state index is 13.9. The Labute approximate surface area is 138 Å². The summed E-state index contributed by atoms with van der Waals surface area (Å²) in [4.78, 5) is 14.6. The average Bonchev–Trinajstić information content (AvgIpc) is 2.55. The molecule has 0 saturated carbocycles. The topological polar surface area (TPSA) is 55.6 Å². The third-order valence-corrected chi connectivity index (χ3v) is 4.83. The summed E-state index contributed by atoms with van der Waals surface area (Å²) in [6.45, 7) is 4.07. The molecule has 2 rings (SSSR count). The number of rotatable bonds is 5. The van der Waals surface area contributed by atoms with Gasteiger partial charge in [-0.25, -0.2) is 4.39 Å². The van der Waals surface area contributed by atoms with Gasteiger partial charge in [-0.2, -0.15) is 0 Å². The lowest BCUT2D eigenvalue weighted by Gasteiger charge is -2.38. The molecule has 0 aromatic heterocycles. The van der Waals surface area contributed by atoms with E-state index in [1.165, 1.54) is 6.07 Å². The largest absolute Gasteiger partial charge is 0.381 e. The van der Waals surface area contributed by atoms with E-state index in [4.69, 9.17) is 10.5 Å². The molecule has 0 bridgehead atoms. The number of carbonyl (C=O) groups is 1. The predicted octanol–water partition coefficient (Wildman–Crippen LogP) is 2.69. The molecule has 1 fully saturated rings. The van der Waals surface area contributed by atoms with Crippen molar-refractivity contribution in [1.82, 2.24) is 4.90 Å². The maximum atomic E-state index is 13.9. The zero-order valence-electron chi connectivity index (χ0n) is 12.8. The molecule has 1 saturated heterocycles. The summed E-state index contributed by atoms with van der Waals surface area (Å²) in [6.07, 6.45) is 1.25. The first-order valence-electron chi connectivity index (χ1n) is 7.53. The summed E-state index contributed by atoms with van der Waals surface area (Å²) in [5.74, 6) is -0.302. The fourth-order valence-electron chi connectivity index (χ4n) is 2.80. The second-order valence-electron chi connectivity index (χ2n) is 5.65. The van der Waals surface area contributed by atoms with Crippen molar-refractivity contribution < 1.29 is 13.9 Å². The van der Waals surface area contributed by atoms with E-state index in [-0.39, 0.29) is 18.3 Å². The van der Waals surface area contributed by atoms with Crippen molar-refractivity contribution in [3.05, 3.63) is 34.1 Å². The standard InChI is InChI=1S/C16H22BrFN2O2/c1-2-20(10-12-9-13(17)3-4-14(12)18)15(21)16(11-19)5-7-22-8-6-16/h3-4,9H,2,5-8,10-11,19H2,1H3. The number of hydrogen-bond donors (Lipinski definition) is 1. The van der Waals surface area contributed by atoms with Crippen LogP contribution in [0.3, 0.4) is 0 Å². The van der Waals surface area contributed by atoms with Crippen LogP contribution in [0.2, 0.25) is 0 Å². The molecule has 122 valence electrons. The van der Waals surface area contributed by atoms with E-state index in [0.717, 1.165) is 4.47 Å². The summed E-state index contributed by atoms with van der Waals surface area (Å²) in [7, 11) is 0. The van der Waals surface area contributed by atoms with Gasteiger partial charge in [0.05, 0.1) is 5.41 Å². The highest BCUT2D eigenvalue weighted by atomic mass is 79.9. The van der Waals surface area contributed by atoms with Gasteiger partial charge in [0.1, 0.15) is 5.82 Å². The molecule has 4 nitrogen and oxygen atoms in total. The van der Waals surface area contributed by atoms with Crippen LogP contribution < -0.4 is 5.73 Å². The lowest BCUT2D eigenvalue weighted by molar-refractivity contribution is -0.147. The molecule has 0 atom stereocenters. The zero-order chi connectivity index (χ0) is 16.2. The molecule has 22 heavy (non-hydrogen) atoms. The summed E-state index contributed by atoms with van der Waals surface area (Å²) >= 11 is 3.34. The van der Waals surface area contributed by atoms with Gasteiger partial charge in [0.25, 0.3) is 0 Å². The van der Waals surface area contributed by atoms with Gasteiger partial charge in [-0.05, 0) is 38.0 Å². The first-order chi connectivity index (χ1) is 10.5. The number of nitrogens with zero attached hydrogens (tertiary/aromatic N) is 1. The molecule has 0 aliphatic carbocycles. The first-order valence-corrected chi connectivity index (χ1v) is 8.33. The van der Waals surface area contributed by atoms with E-state index < -0.39 is 5.41 Å². The minimum Gasteiger partial charge on any atom is -0.381 e. The van der Waals surface area contributed by atoms with Gasteiger partial charge in [-0.3, -0.25) is 4.79 Å². The van der Waals surface area contributed by atoms with Crippen molar-refractivity contribution in [2.24, 2.45) is 11.1 Å². The van der Waals surface area contributed by atoms with E-state index in [1.54, 1.807) is 17.0 Å². The third-order valence-electron chi connectivity index (χ3n) is 4.33. The smallest absolute Gasteiger partial charge is 0.230 e. The van der Waals surface area contributed by atoms with Crippen LogP contribution in [0.1, 0.15) is 25.3 Å². The normalized spacial score (nSPS) is 17.3. The van der Waals surface area contributed by atoms with Crippen molar-refractivity contribution in [1.29, 1.82) is 0 Å². The number of ether oxygens (including phenoxy) is 1. The maximum Gasteiger partial charge on any atom is 0.230 e. The summed E-state index contributed by atoms with van der Waals surface area (Å²) in [5.41, 5.74) is 5.83. The SMILES string of the molecule is CCN(Cc1cc(Br)ccc1F)C(=O)C1(CN)CCOCC1. The van der Waals surface area contributed by atoms with Gasteiger partial charge in [0.15, 0.2) is 0 Å². The van der Waals surface area contributed by atoms with Crippen LogP contribution >= 0.6 is 15.9 Å². The van der Waals surface area contributed by atoms with E-state index in [0.29, 0.717) is 44.7 Å². The Morgan fingerprint density at radius 1 is 1.45 bits per heavy atom. The Hall–Kier alpha value is -0.980. The molecule has 0 radical (unpaired) electrons. The van der Waals surface area contributed by atoms with Crippen LogP contribution in [0.15, 0.2) is 22.7 Å². The third kappa shape index (κ3) is 3.67. The number of carbonyl (C=O) groups excluding carboxylic acids is 1. The number of amides is 1. The quantitative estimate of drug-likeness (QED) is 0.864. The van der Waals surface area contributed by atoms with Crippen molar-refractivity contribution >= 4 is 21.8 Å². The van der Waals surface area contributed by atoms with Gasteiger partial charge in [-0.1, -0.05) is 15.9 Å². The lowest BCUT2D eigenvalue weighted by atomic mass is 9.78. The van der Waals surface area contributed by atoms with Crippen LogP contribution in [-0.4, -0.2) is 37.1 Å². The van der Waals surface area contributed by atoms with Crippen LogP contribution in [-0.2, 0) is 16.1 Å². The first kappa shape index (κ1) is 17.4. The van der Waals surface area contributed by atoms with Crippen LogP contribution in [0, 0.1) is 11.2 Å². The summed E-state index contributed by atoms with van der Waals surface area (Å²) in [5, 5.41) is 0. The Balaban J connectivity index is 2.19. The van der Waals surface area contributed by atoms with Gasteiger partial charge >= 0.3 is 0 Å². The fraction of sp³-hybridized carbons (Fsp3) is 0.562. The highest BCUT2D eigenvalue weighted by Gasteiger charge is 2.41. The molecule has 0 unspecified atom stereocenters. The number of benzene rings is 1. The summed E-state index contributed by atoms with van der Waals surface area (Å²) in [6, 6.07) is 4.77. The number of nitrogens with two attached hydrogens (primary N) is 1. The van der Waals surface area contributed by atoms with Crippen LogP contribution in [0.5, 0.6) is 0 Å². The van der Waals surface area contributed by atoms with Crippen molar-refractivity contribution in [3.8, 4) is 0 Å². The molecule has 1 aromatic rings. The minimum atomic E-state index is -0.573. The monoisotopic (exact) mass is 372 g/mol. The Bertz CT molecular complexity index is 533. The zero-order valence-corrected chi connectivity index (χ0v) is 14.4. The van der Waals surface area contributed by atoms with Gasteiger partial charge in [0.2, 0.25) is 5.91 Å². The summed E-state index contributed by atoms with van der Waals surface area (Å²) < 4.78 is 20.1. The molecule has 1 aromatic carbocycles. The average molecular weight is 373 g/mol. The van der Waals surface area contributed by atoms with Gasteiger partial charge in [-0.15, -0.1) is 0 Å². The van der Waals surface area contributed by atoms with Gasteiger partial charge < -0.3 is 15.4 Å². The van der Waals surface area contributed by atoms with E-state index >= 15 is 0 Å². The molecule has 1 amide bonds. The lowest BCUT2D eigenvalue weighted by Crippen LogP contribution is -2.50. The Kier molecular flexibility index (Phi) is 5.94. The number of halogens is 2. The molecule has 1 heterocycles. The minimum absolute atomic E-state index is 0.000163. The molecule has 1 aliphatic heterocycles. The second-order valence-corrected chi connectivity index (χ2v) is 6.57. The Morgan fingerprint density at radius 3 is 2.73 bits per heavy atom. The highest BCUT2D eigenvalue weighted by Crippen LogP contribution is 2.32. The van der Waals surface area contributed by atoms with E-state index in [9.17, 15) is 9.18 Å². The molecule has 6 heteroatoms. The van der Waals surface area contributed by atoms with Crippen LogP contribution in [0.25, 0.3) is 0 Å². The Morgan fingerprint density at radius 2 is 2.14 bits per heavy atom. The predicted molar refractivity (Wildman–Crippen MR) is 86.7 cm³/mol. The molecule has 0 spiro atoms. The van der Waals surface area contributed by atoms with Crippen molar-refractivity contribution in [2.45, 2.75) is 26.3 Å². The fourth-order valence-corrected chi connectivity index (χ4v) is 3.21. The van der Waals surface area contributed by atoms with E-state index in [1.807, 2.05) is 6.92 Å². The number of hydrogen-bond acceptors (Lipinski definition) is 3.